The van der Waals surface area contributed by atoms with Crippen molar-refractivity contribution in [3.8, 4) is 5.75 Å². The van der Waals surface area contributed by atoms with Gasteiger partial charge in [0, 0.05) is 5.56 Å². The van der Waals surface area contributed by atoms with Crippen molar-refractivity contribution in [2.75, 3.05) is 0 Å². The second kappa shape index (κ2) is 6.31. The molecule has 1 atom stereocenters. The quantitative estimate of drug-likeness (QED) is 0.422. The van der Waals surface area contributed by atoms with Crippen molar-refractivity contribution in [1.82, 2.24) is 0 Å². The van der Waals surface area contributed by atoms with Crippen LogP contribution in [0.1, 0.15) is 73.4 Å². The first kappa shape index (κ1) is 21.8. The highest BCUT2D eigenvalue weighted by atomic mass is 28.4. The summed E-state index contributed by atoms with van der Waals surface area (Å²) < 4.78 is 13.2. The van der Waals surface area contributed by atoms with Crippen LogP contribution >= 0.6 is 0 Å². The van der Waals surface area contributed by atoms with Crippen LogP contribution in [0.2, 0.25) is 18.1 Å². The zero-order chi connectivity index (χ0) is 21.3. The zero-order valence-electron chi connectivity index (χ0n) is 19.5. The van der Waals surface area contributed by atoms with Gasteiger partial charge >= 0.3 is 0 Å². The molecule has 5 heteroatoms. The fourth-order valence-corrected chi connectivity index (χ4v) is 5.51. The zero-order valence-corrected chi connectivity index (χ0v) is 20.5. The minimum absolute atomic E-state index is 0.134. The van der Waals surface area contributed by atoms with Gasteiger partial charge in [-0.25, -0.2) is 4.89 Å². The second-order valence-electron chi connectivity index (χ2n) is 11.1. The van der Waals surface area contributed by atoms with E-state index in [-0.39, 0.29) is 16.9 Å². The summed E-state index contributed by atoms with van der Waals surface area (Å²) in [5.74, 6) is 0.449. The number of ether oxygens (including phenoxy) is 1. The van der Waals surface area contributed by atoms with Gasteiger partial charge in [0.15, 0.2) is 5.60 Å². The van der Waals surface area contributed by atoms with Gasteiger partial charge in [-0.15, -0.1) is 0 Å². The number of rotatable bonds is 4. The van der Waals surface area contributed by atoms with Crippen molar-refractivity contribution in [2.45, 2.75) is 97.4 Å². The van der Waals surface area contributed by atoms with E-state index in [1.807, 2.05) is 0 Å². The summed E-state index contributed by atoms with van der Waals surface area (Å²) in [5.41, 5.74) is 1.20. The topological polar surface area (TPSA) is 36.9 Å². The lowest BCUT2D eigenvalue weighted by Gasteiger charge is -2.58. The Hall–Kier alpha value is -0.883. The SMILES string of the molecule is CC(C)C1(C(C)C)OOC12OC(C)(C)c1ccc(O[Si](C)(C)C(C)(C)C)cc12. The molecule has 4 nitrogen and oxygen atoms in total. The van der Waals surface area contributed by atoms with Crippen molar-refractivity contribution < 1.29 is 18.9 Å². The van der Waals surface area contributed by atoms with E-state index in [1.54, 1.807) is 0 Å². The summed E-state index contributed by atoms with van der Waals surface area (Å²) in [7, 11) is -1.94. The van der Waals surface area contributed by atoms with Crippen LogP contribution < -0.4 is 4.43 Å². The first-order valence-electron chi connectivity index (χ1n) is 10.5. The predicted molar refractivity (Wildman–Crippen MR) is 115 cm³/mol. The lowest BCUT2D eigenvalue weighted by Crippen LogP contribution is -2.70. The van der Waals surface area contributed by atoms with E-state index in [4.69, 9.17) is 18.9 Å². The van der Waals surface area contributed by atoms with Crippen molar-refractivity contribution in [2.24, 2.45) is 11.8 Å². The highest BCUT2D eigenvalue weighted by Gasteiger charge is 2.74. The lowest BCUT2D eigenvalue weighted by molar-refractivity contribution is -0.640. The molecule has 1 saturated heterocycles. The third-order valence-corrected chi connectivity index (χ3v) is 11.5. The third-order valence-electron chi connectivity index (χ3n) is 7.10. The molecule has 0 aromatic heterocycles. The standard InChI is InChI=1S/C23H38O4Si/c1-15(2)22(16(3)4)23(27-26-22)19-14-17(24-28(10,11)20(5,6)7)12-13-18(19)21(8,9)25-23/h12-16H,1-11H3. The molecule has 1 spiro atoms. The monoisotopic (exact) mass is 406 g/mol. The number of benzene rings is 1. The van der Waals surface area contributed by atoms with Crippen LogP contribution in [0.5, 0.6) is 5.75 Å². The van der Waals surface area contributed by atoms with Crippen molar-refractivity contribution >= 4 is 8.32 Å². The molecule has 1 unspecified atom stereocenters. The van der Waals surface area contributed by atoms with E-state index in [9.17, 15) is 0 Å². The molecule has 1 aromatic carbocycles. The van der Waals surface area contributed by atoms with E-state index in [0.717, 1.165) is 16.9 Å². The van der Waals surface area contributed by atoms with Crippen molar-refractivity contribution in [1.29, 1.82) is 0 Å². The first-order chi connectivity index (χ1) is 12.6. The van der Waals surface area contributed by atoms with Crippen molar-refractivity contribution in [3.05, 3.63) is 29.3 Å². The maximum Gasteiger partial charge on any atom is 0.262 e. The number of fused-ring (bicyclic) bond motifs is 2. The van der Waals surface area contributed by atoms with Gasteiger partial charge < -0.3 is 9.16 Å². The summed E-state index contributed by atoms with van der Waals surface area (Å²) in [6, 6.07) is 6.35. The van der Waals surface area contributed by atoms with E-state index in [2.05, 4.69) is 93.6 Å². The van der Waals surface area contributed by atoms with Crippen LogP contribution in [0.4, 0.5) is 0 Å². The Morgan fingerprint density at radius 2 is 1.50 bits per heavy atom. The Morgan fingerprint density at radius 3 is 1.93 bits per heavy atom. The summed E-state index contributed by atoms with van der Waals surface area (Å²) in [6.07, 6.45) is 0. The van der Waals surface area contributed by atoms with E-state index in [1.165, 1.54) is 0 Å². The summed E-state index contributed by atoms with van der Waals surface area (Å²) >= 11 is 0. The maximum atomic E-state index is 6.64. The second-order valence-corrected chi connectivity index (χ2v) is 15.8. The van der Waals surface area contributed by atoms with E-state index in [0.29, 0.717) is 0 Å². The van der Waals surface area contributed by atoms with Gasteiger partial charge in [0.05, 0.1) is 5.60 Å². The van der Waals surface area contributed by atoms with Gasteiger partial charge in [-0.2, -0.15) is 4.89 Å². The van der Waals surface area contributed by atoms with Gasteiger partial charge in [0.1, 0.15) is 5.75 Å². The fourth-order valence-electron chi connectivity index (χ4n) is 4.49. The molecule has 28 heavy (non-hydrogen) atoms. The maximum absolute atomic E-state index is 6.64. The molecule has 2 aliphatic heterocycles. The molecule has 3 rings (SSSR count). The summed E-state index contributed by atoms with van der Waals surface area (Å²) in [5, 5.41) is 0.134. The van der Waals surface area contributed by atoms with Gasteiger partial charge in [0.2, 0.25) is 8.32 Å². The highest BCUT2D eigenvalue weighted by Crippen LogP contribution is 2.64. The minimum atomic E-state index is -1.94. The highest BCUT2D eigenvalue weighted by molar-refractivity contribution is 6.74. The molecule has 0 aliphatic carbocycles. The molecule has 2 aliphatic rings. The molecule has 0 N–H and O–H groups in total. The fraction of sp³-hybridized carbons (Fsp3) is 0.739. The summed E-state index contributed by atoms with van der Waals surface area (Å²) in [4.78, 5) is 11.7. The Bertz CT molecular complexity index is 752. The smallest absolute Gasteiger partial charge is 0.262 e. The Kier molecular flexibility index (Phi) is 4.91. The Labute approximate surface area is 172 Å². The average Bonchev–Trinajstić information content (AvgIpc) is 2.73. The van der Waals surface area contributed by atoms with Crippen LogP contribution in [0.3, 0.4) is 0 Å². The van der Waals surface area contributed by atoms with Crippen LogP contribution in [0.25, 0.3) is 0 Å². The normalized spacial score (nSPS) is 25.9. The molecule has 1 aromatic rings. The van der Waals surface area contributed by atoms with Gasteiger partial charge in [-0.3, -0.25) is 0 Å². The molecule has 0 bridgehead atoms. The lowest BCUT2D eigenvalue weighted by atomic mass is 9.70. The van der Waals surface area contributed by atoms with E-state index >= 15 is 0 Å². The Balaban J connectivity index is 2.12. The van der Waals surface area contributed by atoms with Crippen molar-refractivity contribution in [3.63, 3.8) is 0 Å². The van der Waals surface area contributed by atoms with E-state index < -0.39 is 25.3 Å². The van der Waals surface area contributed by atoms with Gasteiger partial charge in [-0.1, -0.05) is 54.5 Å². The minimum Gasteiger partial charge on any atom is -0.543 e. The molecule has 2 heterocycles. The van der Waals surface area contributed by atoms with Gasteiger partial charge in [-0.05, 0) is 61.5 Å². The number of hydrogen-bond donors (Lipinski definition) is 0. The van der Waals surface area contributed by atoms with Crippen LogP contribution in [-0.4, -0.2) is 13.9 Å². The van der Waals surface area contributed by atoms with Crippen LogP contribution in [0, 0.1) is 11.8 Å². The van der Waals surface area contributed by atoms with Crippen LogP contribution in [0.15, 0.2) is 18.2 Å². The molecule has 1 fully saturated rings. The predicted octanol–water partition coefficient (Wildman–Crippen LogP) is 6.50. The third kappa shape index (κ3) is 2.81. The first-order valence-corrected chi connectivity index (χ1v) is 13.4. The molecule has 158 valence electrons. The molecule has 0 radical (unpaired) electrons. The Morgan fingerprint density at radius 1 is 0.929 bits per heavy atom. The molecular weight excluding hydrogens is 368 g/mol. The molecule has 0 saturated carbocycles. The summed E-state index contributed by atoms with van der Waals surface area (Å²) in [6.45, 7) is 24.2. The largest absolute Gasteiger partial charge is 0.543 e. The number of hydrogen-bond acceptors (Lipinski definition) is 4. The molecule has 0 amide bonds. The van der Waals surface area contributed by atoms with Crippen LogP contribution in [-0.2, 0) is 25.9 Å². The molecular formula is C23H38O4Si. The van der Waals surface area contributed by atoms with Gasteiger partial charge in [0.25, 0.3) is 5.79 Å². The average molecular weight is 407 g/mol.